The van der Waals surface area contributed by atoms with Crippen LogP contribution in [0.25, 0.3) is 21.9 Å². The van der Waals surface area contributed by atoms with Crippen LogP contribution in [0.5, 0.6) is 5.75 Å². The van der Waals surface area contributed by atoms with Crippen LogP contribution in [-0.4, -0.2) is 26.2 Å². The van der Waals surface area contributed by atoms with Crippen LogP contribution >= 0.6 is 0 Å². The number of aromatic nitrogens is 4. The number of tetrazole rings is 1. The highest BCUT2D eigenvalue weighted by Crippen LogP contribution is 2.31. The smallest absolute Gasteiger partial charge is 0.336 e. The molecule has 0 radical (unpaired) electrons. The molecule has 0 saturated heterocycles. The fourth-order valence-corrected chi connectivity index (χ4v) is 3.39. The van der Waals surface area contributed by atoms with Gasteiger partial charge in [-0.05, 0) is 40.3 Å². The number of hydrogen-bond acceptors (Lipinski definition) is 6. The van der Waals surface area contributed by atoms with Crippen LogP contribution in [0, 0.1) is 0 Å². The van der Waals surface area contributed by atoms with Crippen molar-refractivity contribution in [3.8, 4) is 5.75 Å². The zero-order chi connectivity index (χ0) is 19.6. The molecule has 0 aliphatic heterocycles. The molecule has 29 heavy (non-hydrogen) atoms. The summed E-state index contributed by atoms with van der Waals surface area (Å²) in [7, 11) is 0. The van der Waals surface area contributed by atoms with Crippen molar-refractivity contribution < 1.29 is 13.9 Å². The van der Waals surface area contributed by atoms with Gasteiger partial charge in [-0.25, -0.2) is 9.48 Å². The average molecular weight is 384 g/mol. The molecule has 0 spiro atoms. The Labute approximate surface area is 165 Å². The first-order valence-electron chi connectivity index (χ1n) is 9.17. The minimum absolute atomic E-state index is 0.418. The molecule has 3 aromatic carbocycles. The second kappa shape index (κ2) is 7.20. The van der Waals surface area contributed by atoms with Gasteiger partial charge < -0.3 is 9.15 Å². The first-order valence-corrected chi connectivity index (χ1v) is 9.17. The molecule has 2 heterocycles. The highest BCUT2D eigenvalue weighted by molar-refractivity contribution is 6.05. The van der Waals surface area contributed by atoms with Gasteiger partial charge in [0.05, 0.1) is 0 Å². The van der Waals surface area contributed by atoms with Crippen molar-refractivity contribution >= 4 is 27.9 Å². The van der Waals surface area contributed by atoms with Gasteiger partial charge >= 0.3 is 5.97 Å². The number of furan rings is 1. The number of hydrogen-bond donors (Lipinski definition) is 0. The Kier molecular flexibility index (Phi) is 4.25. The minimum Gasteiger partial charge on any atom is -0.456 e. The van der Waals surface area contributed by atoms with Crippen molar-refractivity contribution in [1.29, 1.82) is 0 Å². The highest BCUT2D eigenvalue weighted by atomic mass is 16.5. The number of carbonyl (C=O) groups is 1. The number of rotatable bonds is 5. The van der Waals surface area contributed by atoms with Gasteiger partial charge in [-0.3, -0.25) is 0 Å². The molecule has 7 nitrogen and oxygen atoms in total. The first-order chi connectivity index (χ1) is 14.3. The SMILES string of the molecule is O=C(Oc1ccc2oc3ccccc3c2c1)C(Cc1ccccc1)n1cnnn1. The number of carbonyl (C=O) groups excluding carboxylic acids is 1. The molecular weight excluding hydrogens is 368 g/mol. The average Bonchev–Trinajstić information content (AvgIpc) is 3.40. The molecule has 0 saturated carbocycles. The van der Waals surface area contributed by atoms with E-state index in [9.17, 15) is 4.79 Å². The van der Waals surface area contributed by atoms with Crippen molar-refractivity contribution in [3.05, 3.63) is 84.7 Å². The van der Waals surface area contributed by atoms with E-state index in [1.54, 1.807) is 12.1 Å². The zero-order valence-electron chi connectivity index (χ0n) is 15.3. The number of nitrogens with zero attached hydrogens (tertiary/aromatic N) is 4. The third-order valence-electron chi connectivity index (χ3n) is 4.79. The molecule has 142 valence electrons. The van der Waals surface area contributed by atoms with Gasteiger partial charge in [0.1, 0.15) is 23.2 Å². The summed E-state index contributed by atoms with van der Waals surface area (Å²) in [6, 6.07) is 22.1. The van der Waals surface area contributed by atoms with Gasteiger partial charge in [-0.1, -0.05) is 48.5 Å². The molecule has 5 aromatic rings. The van der Waals surface area contributed by atoms with E-state index >= 15 is 0 Å². The van der Waals surface area contributed by atoms with Gasteiger partial charge in [0.2, 0.25) is 0 Å². The van der Waals surface area contributed by atoms with E-state index in [1.165, 1.54) is 11.0 Å². The van der Waals surface area contributed by atoms with E-state index < -0.39 is 12.0 Å². The number of ether oxygens (including phenoxy) is 1. The lowest BCUT2D eigenvalue weighted by atomic mass is 10.1. The number of para-hydroxylation sites is 1. The fraction of sp³-hybridized carbons (Fsp3) is 0.0909. The Morgan fingerprint density at radius 2 is 1.76 bits per heavy atom. The monoisotopic (exact) mass is 384 g/mol. The van der Waals surface area contributed by atoms with E-state index in [2.05, 4.69) is 15.5 Å². The maximum atomic E-state index is 13.0. The predicted octanol–water partition coefficient (Wildman–Crippen LogP) is 3.96. The van der Waals surface area contributed by atoms with Crippen LogP contribution in [-0.2, 0) is 11.2 Å². The van der Waals surface area contributed by atoms with Crippen molar-refractivity contribution in [1.82, 2.24) is 20.2 Å². The van der Waals surface area contributed by atoms with Crippen LogP contribution in [0.2, 0.25) is 0 Å². The van der Waals surface area contributed by atoms with Gasteiger partial charge in [-0.15, -0.1) is 5.10 Å². The number of esters is 1. The Morgan fingerprint density at radius 3 is 2.59 bits per heavy atom. The van der Waals surface area contributed by atoms with Gasteiger partial charge in [0.25, 0.3) is 0 Å². The standard InChI is InChI=1S/C22H16N4O3/c27-22(19(26-14-23-24-25-26)12-15-6-2-1-3-7-15)28-16-10-11-21-18(13-16)17-8-4-5-9-20(17)29-21/h1-11,13-14,19H,12H2. The van der Waals surface area contributed by atoms with Crippen LogP contribution < -0.4 is 4.74 Å². The minimum atomic E-state index is -0.677. The number of fused-ring (bicyclic) bond motifs is 3. The molecule has 0 N–H and O–H groups in total. The largest absolute Gasteiger partial charge is 0.456 e. The summed E-state index contributed by atoms with van der Waals surface area (Å²) >= 11 is 0. The normalized spacial score (nSPS) is 12.3. The second-order valence-corrected chi connectivity index (χ2v) is 6.67. The Balaban J connectivity index is 1.46. The van der Waals surface area contributed by atoms with E-state index in [-0.39, 0.29) is 0 Å². The van der Waals surface area contributed by atoms with Crippen molar-refractivity contribution in [2.75, 3.05) is 0 Å². The quantitative estimate of drug-likeness (QED) is 0.337. The molecule has 0 aliphatic rings. The molecule has 7 heteroatoms. The van der Waals surface area contributed by atoms with Crippen LogP contribution in [0.1, 0.15) is 11.6 Å². The third kappa shape index (κ3) is 3.34. The molecule has 0 aliphatic carbocycles. The maximum absolute atomic E-state index is 13.0. The lowest BCUT2D eigenvalue weighted by molar-refractivity contribution is -0.138. The summed E-state index contributed by atoms with van der Waals surface area (Å²) < 4.78 is 12.9. The van der Waals surface area contributed by atoms with Crippen molar-refractivity contribution in [2.24, 2.45) is 0 Å². The summed E-state index contributed by atoms with van der Waals surface area (Å²) in [5, 5.41) is 13.1. The van der Waals surface area contributed by atoms with Crippen molar-refractivity contribution in [3.63, 3.8) is 0 Å². The fourth-order valence-electron chi connectivity index (χ4n) is 3.39. The second-order valence-electron chi connectivity index (χ2n) is 6.67. The maximum Gasteiger partial charge on any atom is 0.336 e. The highest BCUT2D eigenvalue weighted by Gasteiger charge is 2.25. The first kappa shape index (κ1) is 17.1. The van der Waals surface area contributed by atoms with Gasteiger partial charge in [0.15, 0.2) is 6.04 Å². The van der Waals surface area contributed by atoms with Crippen LogP contribution in [0.4, 0.5) is 0 Å². The van der Waals surface area contributed by atoms with Crippen molar-refractivity contribution in [2.45, 2.75) is 12.5 Å². The summed E-state index contributed by atoms with van der Waals surface area (Å²) in [6.45, 7) is 0. The number of benzene rings is 3. The summed E-state index contributed by atoms with van der Waals surface area (Å²) in [4.78, 5) is 13.0. The predicted molar refractivity (Wildman–Crippen MR) is 106 cm³/mol. The van der Waals surface area contributed by atoms with E-state index in [4.69, 9.17) is 9.15 Å². The topological polar surface area (TPSA) is 83.0 Å². The van der Waals surface area contributed by atoms with Gasteiger partial charge in [-0.2, -0.15) is 0 Å². The van der Waals surface area contributed by atoms with E-state index in [0.717, 1.165) is 27.5 Å². The molecule has 1 unspecified atom stereocenters. The molecule has 0 amide bonds. The van der Waals surface area contributed by atoms with E-state index in [1.807, 2.05) is 60.7 Å². The molecule has 2 aromatic heterocycles. The molecule has 1 atom stereocenters. The molecule has 0 fully saturated rings. The van der Waals surface area contributed by atoms with Crippen LogP contribution in [0.3, 0.4) is 0 Å². The molecule has 0 bridgehead atoms. The van der Waals surface area contributed by atoms with Gasteiger partial charge in [0, 0.05) is 17.2 Å². The lowest BCUT2D eigenvalue weighted by Crippen LogP contribution is -2.26. The third-order valence-corrected chi connectivity index (χ3v) is 4.79. The van der Waals surface area contributed by atoms with Crippen LogP contribution in [0.15, 0.2) is 83.5 Å². The summed E-state index contributed by atoms with van der Waals surface area (Å²) in [5.74, 6) is 0.00786. The molecule has 5 rings (SSSR count). The Hall–Kier alpha value is -4.00. The molecular formula is C22H16N4O3. The van der Waals surface area contributed by atoms with E-state index in [0.29, 0.717) is 12.2 Å². The lowest BCUT2D eigenvalue weighted by Gasteiger charge is -2.15. The Morgan fingerprint density at radius 1 is 0.966 bits per heavy atom. The zero-order valence-corrected chi connectivity index (χ0v) is 15.3. The Bertz CT molecular complexity index is 1280. The summed E-state index contributed by atoms with van der Waals surface area (Å²) in [6.07, 6.45) is 1.84. The summed E-state index contributed by atoms with van der Waals surface area (Å²) in [5.41, 5.74) is 2.52.